The summed E-state index contributed by atoms with van der Waals surface area (Å²) < 4.78 is 11.1. The lowest BCUT2D eigenvalue weighted by Gasteiger charge is -2.13. The van der Waals surface area contributed by atoms with Crippen molar-refractivity contribution in [3.8, 4) is 0 Å². The van der Waals surface area contributed by atoms with Crippen LogP contribution in [0.3, 0.4) is 0 Å². The second-order valence-corrected chi connectivity index (χ2v) is 7.87. The fourth-order valence-corrected chi connectivity index (χ4v) is 3.89. The number of hydrogen-bond donors (Lipinski definition) is 2. The van der Waals surface area contributed by atoms with E-state index in [4.69, 9.17) is 20.4 Å². The molecule has 2 N–H and O–H groups in total. The van der Waals surface area contributed by atoms with Crippen LogP contribution < -0.4 is 10.7 Å². The molecule has 0 atom stereocenters. The van der Waals surface area contributed by atoms with Gasteiger partial charge in [-0.25, -0.2) is 5.43 Å². The lowest BCUT2D eigenvalue weighted by atomic mass is 9.93. The number of benzene rings is 1. The molecular weight excluding hydrogens is 418 g/mol. The van der Waals surface area contributed by atoms with Gasteiger partial charge < -0.3 is 14.2 Å². The number of carbonyl (C=O) groups is 2. The van der Waals surface area contributed by atoms with Crippen LogP contribution in [0.2, 0.25) is 5.02 Å². The van der Waals surface area contributed by atoms with Gasteiger partial charge in [-0.05, 0) is 57.4 Å². The number of aryl methyl sites for hydroxylation is 2. The predicted octanol–water partition coefficient (Wildman–Crippen LogP) is 5.17. The lowest BCUT2D eigenvalue weighted by Crippen LogP contribution is -2.22. The summed E-state index contributed by atoms with van der Waals surface area (Å²) in [5.41, 5.74) is 6.60. The van der Waals surface area contributed by atoms with Crippen molar-refractivity contribution < 1.29 is 18.4 Å². The van der Waals surface area contributed by atoms with Gasteiger partial charge in [-0.2, -0.15) is 5.10 Å². The summed E-state index contributed by atoms with van der Waals surface area (Å²) in [6, 6.07) is 6.93. The number of fused-ring (bicyclic) bond motifs is 1. The van der Waals surface area contributed by atoms with Crippen molar-refractivity contribution in [2.75, 3.05) is 5.32 Å². The molecule has 1 aliphatic rings. The lowest BCUT2D eigenvalue weighted by molar-refractivity contribution is 0.0952. The summed E-state index contributed by atoms with van der Waals surface area (Å²) >= 11 is 6.15. The Morgan fingerprint density at radius 3 is 2.61 bits per heavy atom. The maximum absolute atomic E-state index is 12.9. The van der Waals surface area contributed by atoms with Crippen LogP contribution >= 0.6 is 11.6 Å². The molecule has 4 rings (SSSR count). The van der Waals surface area contributed by atoms with Crippen LogP contribution in [0.5, 0.6) is 0 Å². The van der Waals surface area contributed by atoms with Gasteiger partial charge in [-0.3, -0.25) is 9.59 Å². The molecular formula is C23H22ClN3O4. The van der Waals surface area contributed by atoms with Gasteiger partial charge >= 0.3 is 0 Å². The standard InChI is InChI=1S/C23H22ClN3O4/c1-12-16(24)6-4-7-17(12)25-23(29)21-13(2)20-18(8-5-9-19(20)31-21)26-27-22(28)15-10-11-30-14(15)3/h4,6-7,10-11H,5,8-9H2,1-3H3,(H,25,29)(H,27,28)/b26-18+. The Bertz CT molecular complexity index is 1210. The third-order valence-corrected chi connectivity index (χ3v) is 5.85. The Morgan fingerprint density at radius 1 is 1.06 bits per heavy atom. The summed E-state index contributed by atoms with van der Waals surface area (Å²) in [6.45, 7) is 5.38. The van der Waals surface area contributed by atoms with Gasteiger partial charge in [0.05, 0.1) is 17.5 Å². The Morgan fingerprint density at radius 2 is 1.87 bits per heavy atom. The summed E-state index contributed by atoms with van der Waals surface area (Å²) in [6.07, 6.45) is 3.65. The molecule has 0 radical (unpaired) electrons. The summed E-state index contributed by atoms with van der Waals surface area (Å²) in [7, 11) is 0. The topological polar surface area (TPSA) is 96.8 Å². The molecule has 31 heavy (non-hydrogen) atoms. The molecule has 2 aromatic heterocycles. The van der Waals surface area contributed by atoms with Gasteiger partial charge in [0.15, 0.2) is 5.76 Å². The minimum Gasteiger partial charge on any atom is -0.469 e. The molecule has 7 nitrogen and oxygen atoms in total. The maximum Gasteiger partial charge on any atom is 0.291 e. The second-order valence-electron chi connectivity index (χ2n) is 7.46. The minimum absolute atomic E-state index is 0.232. The van der Waals surface area contributed by atoms with Crippen molar-refractivity contribution in [2.24, 2.45) is 5.10 Å². The Kier molecular flexibility index (Phi) is 5.69. The quantitative estimate of drug-likeness (QED) is 0.548. The number of furan rings is 2. The van der Waals surface area contributed by atoms with Gasteiger partial charge in [-0.1, -0.05) is 17.7 Å². The average Bonchev–Trinajstić information content (AvgIpc) is 3.33. The zero-order chi connectivity index (χ0) is 22.1. The molecule has 3 aromatic rings. The summed E-state index contributed by atoms with van der Waals surface area (Å²) in [5.74, 6) is 0.757. The summed E-state index contributed by atoms with van der Waals surface area (Å²) in [5, 5.41) is 7.78. The van der Waals surface area contributed by atoms with Crippen molar-refractivity contribution in [2.45, 2.75) is 40.0 Å². The molecule has 0 saturated carbocycles. The van der Waals surface area contributed by atoms with E-state index in [-0.39, 0.29) is 17.6 Å². The normalized spacial score (nSPS) is 14.4. The molecule has 0 unspecified atom stereocenters. The molecule has 1 aliphatic carbocycles. The van der Waals surface area contributed by atoms with Crippen LogP contribution in [-0.4, -0.2) is 17.5 Å². The van der Waals surface area contributed by atoms with Crippen LogP contribution in [0, 0.1) is 20.8 Å². The van der Waals surface area contributed by atoms with E-state index in [0.29, 0.717) is 51.9 Å². The highest BCUT2D eigenvalue weighted by molar-refractivity contribution is 6.31. The third kappa shape index (κ3) is 4.01. The average molecular weight is 440 g/mol. The number of hydrogen-bond acceptors (Lipinski definition) is 5. The predicted molar refractivity (Wildman–Crippen MR) is 118 cm³/mol. The number of carbonyl (C=O) groups excluding carboxylic acids is 2. The van der Waals surface area contributed by atoms with E-state index >= 15 is 0 Å². The van der Waals surface area contributed by atoms with Crippen LogP contribution in [0.4, 0.5) is 5.69 Å². The maximum atomic E-state index is 12.9. The van der Waals surface area contributed by atoms with E-state index < -0.39 is 0 Å². The van der Waals surface area contributed by atoms with Crippen LogP contribution in [0.1, 0.15) is 62.0 Å². The molecule has 0 spiro atoms. The zero-order valence-corrected chi connectivity index (χ0v) is 18.2. The first kappa shape index (κ1) is 20.9. The first-order valence-electron chi connectivity index (χ1n) is 9.97. The van der Waals surface area contributed by atoms with E-state index in [2.05, 4.69) is 15.8 Å². The van der Waals surface area contributed by atoms with E-state index in [1.165, 1.54) is 6.26 Å². The molecule has 0 saturated heterocycles. The zero-order valence-electron chi connectivity index (χ0n) is 17.5. The van der Waals surface area contributed by atoms with Crippen molar-refractivity contribution in [3.63, 3.8) is 0 Å². The third-order valence-electron chi connectivity index (χ3n) is 5.44. The van der Waals surface area contributed by atoms with Crippen LogP contribution in [0.15, 0.2) is 44.5 Å². The Balaban J connectivity index is 1.59. The number of hydrazone groups is 1. The molecule has 0 aliphatic heterocycles. The molecule has 1 aromatic carbocycles. The van der Waals surface area contributed by atoms with Gasteiger partial charge in [0.25, 0.3) is 11.8 Å². The molecule has 0 fully saturated rings. The highest BCUT2D eigenvalue weighted by atomic mass is 35.5. The van der Waals surface area contributed by atoms with E-state index in [1.807, 2.05) is 13.8 Å². The van der Waals surface area contributed by atoms with Crippen LogP contribution in [-0.2, 0) is 6.42 Å². The minimum atomic E-state index is -0.352. The summed E-state index contributed by atoms with van der Waals surface area (Å²) in [4.78, 5) is 25.3. The van der Waals surface area contributed by atoms with Crippen LogP contribution in [0.25, 0.3) is 0 Å². The SMILES string of the molecule is Cc1occc1C(=O)N/N=C1\CCCc2oc(C(=O)Nc3cccc(Cl)c3C)c(C)c21. The second kappa shape index (κ2) is 8.43. The van der Waals surface area contributed by atoms with E-state index in [9.17, 15) is 9.59 Å². The Labute approximate surface area is 184 Å². The first-order valence-corrected chi connectivity index (χ1v) is 10.3. The monoisotopic (exact) mass is 439 g/mol. The first-order chi connectivity index (χ1) is 14.9. The number of halogens is 1. The van der Waals surface area contributed by atoms with Crippen molar-refractivity contribution in [1.29, 1.82) is 0 Å². The van der Waals surface area contributed by atoms with Crippen molar-refractivity contribution in [1.82, 2.24) is 5.43 Å². The number of nitrogens with one attached hydrogen (secondary N) is 2. The van der Waals surface area contributed by atoms with Gasteiger partial charge in [0.1, 0.15) is 11.5 Å². The van der Waals surface area contributed by atoms with Crippen molar-refractivity contribution in [3.05, 3.63) is 75.1 Å². The highest BCUT2D eigenvalue weighted by Crippen LogP contribution is 2.31. The van der Waals surface area contributed by atoms with Gasteiger partial charge in [0.2, 0.25) is 0 Å². The van der Waals surface area contributed by atoms with Crippen molar-refractivity contribution >= 4 is 34.8 Å². The van der Waals surface area contributed by atoms with E-state index in [0.717, 1.165) is 17.5 Å². The largest absolute Gasteiger partial charge is 0.469 e. The smallest absolute Gasteiger partial charge is 0.291 e. The fourth-order valence-electron chi connectivity index (χ4n) is 3.72. The number of amides is 2. The van der Waals surface area contributed by atoms with Gasteiger partial charge in [-0.15, -0.1) is 0 Å². The van der Waals surface area contributed by atoms with E-state index in [1.54, 1.807) is 31.2 Å². The van der Waals surface area contributed by atoms with Gasteiger partial charge in [0, 0.05) is 28.3 Å². The number of nitrogens with zero attached hydrogens (tertiary/aromatic N) is 1. The molecule has 2 amide bonds. The number of anilines is 1. The molecule has 2 heterocycles. The fraction of sp³-hybridized carbons (Fsp3) is 0.261. The highest BCUT2D eigenvalue weighted by Gasteiger charge is 2.28. The Hall–Kier alpha value is -3.32. The molecule has 0 bridgehead atoms. The molecule has 8 heteroatoms. The molecule has 160 valence electrons. The number of rotatable bonds is 4.